The van der Waals surface area contributed by atoms with Crippen LogP contribution in [0.5, 0.6) is 0 Å². The Balaban J connectivity index is 1.94. The number of nitrogens with zero attached hydrogens (tertiary/aromatic N) is 2. The maximum Gasteiger partial charge on any atom is 0.242 e. The number of carbonyl (C=O) groups excluding carboxylic acids is 2. The first-order valence-electron chi connectivity index (χ1n) is 12.2. The van der Waals surface area contributed by atoms with E-state index in [2.05, 4.69) is 6.92 Å². The summed E-state index contributed by atoms with van der Waals surface area (Å²) in [4.78, 5) is 30.9. The molecule has 2 aromatic rings. The summed E-state index contributed by atoms with van der Waals surface area (Å²) in [5, 5.41) is 2.02. The molecule has 6 heteroatoms. The van der Waals surface area contributed by atoms with Crippen LogP contribution < -0.4 is 0 Å². The third-order valence-corrected chi connectivity index (χ3v) is 6.60. The second kappa shape index (κ2) is 16.4. The number of unbranched alkanes of at least 4 members (excludes halogenated alkanes) is 6. The van der Waals surface area contributed by atoms with Crippen LogP contribution in [0, 0.1) is 0 Å². The summed E-state index contributed by atoms with van der Waals surface area (Å²) in [7, 11) is 1.62. The van der Waals surface area contributed by atoms with E-state index >= 15 is 0 Å². The summed E-state index contributed by atoms with van der Waals surface area (Å²) in [5.74, 6) is 0.0148. The first-order valence-corrected chi connectivity index (χ1v) is 13.1. The van der Waals surface area contributed by atoms with Crippen LogP contribution in [0.3, 0.4) is 0 Å². The summed E-state index contributed by atoms with van der Waals surface area (Å²) >= 11 is 1.64. The van der Waals surface area contributed by atoms with E-state index < -0.39 is 0 Å². The highest BCUT2D eigenvalue weighted by Gasteiger charge is 2.22. The Morgan fingerprint density at radius 3 is 2.24 bits per heavy atom. The highest BCUT2D eigenvalue weighted by Crippen LogP contribution is 2.16. The minimum absolute atomic E-state index is 0.0312. The molecular weight excluding hydrogens is 432 g/mol. The molecule has 5 nitrogen and oxygen atoms in total. The summed E-state index contributed by atoms with van der Waals surface area (Å²) in [6.07, 6.45) is 8.67. The van der Waals surface area contributed by atoms with Crippen molar-refractivity contribution >= 4 is 23.2 Å². The normalized spacial score (nSPS) is 10.8. The van der Waals surface area contributed by atoms with Crippen LogP contribution in [0.2, 0.25) is 0 Å². The number of hydrogen-bond acceptors (Lipinski definition) is 4. The number of hydrogen-bond donors (Lipinski definition) is 0. The van der Waals surface area contributed by atoms with E-state index in [-0.39, 0.29) is 18.4 Å². The molecule has 0 atom stereocenters. The highest BCUT2D eigenvalue weighted by molar-refractivity contribution is 7.09. The molecule has 0 unspecified atom stereocenters. The predicted octanol–water partition coefficient (Wildman–Crippen LogP) is 5.89. The predicted molar refractivity (Wildman–Crippen MR) is 136 cm³/mol. The maximum absolute atomic E-state index is 13.3. The molecule has 0 radical (unpaired) electrons. The molecule has 0 saturated carbocycles. The van der Waals surface area contributed by atoms with E-state index in [1.54, 1.807) is 23.3 Å². The smallest absolute Gasteiger partial charge is 0.242 e. The van der Waals surface area contributed by atoms with Gasteiger partial charge in [-0.2, -0.15) is 0 Å². The van der Waals surface area contributed by atoms with Gasteiger partial charge < -0.3 is 14.5 Å². The first-order chi connectivity index (χ1) is 16.1. The minimum atomic E-state index is -0.0312. The lowest BCUT2D eigenvalue weighted by molar-refractivity contribution is -0.141. The molecule has 0 aliphatic heterocycles. The van der Waals surface area contributed by atoms with Crippen molar-refractivity contribution in [3.05, 3.63) is 58.3 Å². The van der Waals surface area contributed by atoms with Crippen LogP contribution in [0.1, 0.15) is 68.7 Å². The largest absolute Gasteiger partial charge is 0.383 e. The number of benzene rings is 1. The quantitative estimate of drug-likeness (QED) is 0.270. The average molecular weight is 473 g/mol. The molecule has 0 N–H and O–H groups in total. The van der Waals surface area contributed by atoms with Gasteiger partial charge in [-0.05, 0) is 23.4 Å². The van der Waals surface area contributed by atoms with E-state index in [9.17, 15) is 9.59 Å². The Labute approximate surface area is 203 Å². The Kier molecular flexibility index (Phi) is 13.5. The third-order valence-electron chi connectivity index (χ3n) is 5.73. The molecule has 182 valence electrons. The Morgan fingerprint density at radius 2 is 1.58 bits per heavy atom. The number of thiophene rings is 1. The lowest BCUT2D eigenvalue weighted by atomic mass is 10.1. The molecule has 0 aliphatic rings. The lowest BCUT2D eigenvalue weighted by Gasteiger charge is -2.27. The van der Waals surface area contributed by atoms with E-state index in [0.29, 0.717) is 32.7 Å². The van der Waals surface area contributed by atoms with Crippen molar-refractivity contribution in [3.63, 3.8) is 0 Å². The zero-order valence-corrected chi connectivity index (χ0v) is 21.2. The fourth-order valence-corrected chi connectivity index (χ4v) is 4.49. The van der Waals surface area contributed by atoms with E-state index in [4.69, 9.17) is 4.74 Å². The molecule has 0 aliphatic carbocycles. The molecular formula is C27H40N2O3S. The first kappa shape index (κ1) is 27.1. The van der Waals surface area contributed by atoms with Gasteiger partial charge in [0.15, 0.2) is 0 Å². The van der Waals surface area contributed by atoms with Crippen LogP contribution in [0.15, 0.2) is 47.8 Å². The van der Waals surface area contributed by atoms with E-state index in [1.165, 1.54) is 32.1 Å². The number of carbonyl (C=O) groups is 2. The van der Waals surface area contributed by atoms with Crippen LogP contribution in [0.4, 0.5) is 0 Å². The van der Waals surface area contributed by atoms with Gasteiger partial charge in [0.05, 0.1) is 19.7 Å². The molecule has 0 bridgehead atoms. The van der Waals surface area contributed by atoms with Gasteiger partial charge in [0.25, 0.3) is 0 Å². The number of amides is 2. The number of ether oxygens (including phenoxy) is 1. The zero-order chi connectivity index (χ0) is 23.7. The van der Waals surface area contributed by atoms with Gasteiger partial charge in [0, 0.05) is 31.5 Å². The summed E-state index contributed by atoms with van der Waals surface area (Å²) in [5.41, 5.74) is 1.08. The van der Waals surface area contributed by atoms with Gasteiger partial charge in [-0.25, -0.2) is 0 Å². The third kappa shape index (κ3) is 11.0. The van der Waals surface area contributed by atoms with Gasteiger partial charge in [0.2, 0.25) is 11.8 Å². The minimum Gasteiger partial charge on any atom is -0.383 e. The van der Waals surface area contributed by atoms with Gasteiger partial charge in [0.1, 0.15) is 0 Å². The van der Waals surface area contributed by atoms with Crippen molar-refractivity contribution in [1.29, 1.82) is 0 Å². The maximum atomic E-state index is 13.3. The zero-order valence-electron chi connectivity index (χ0n) is 20.3. The van der Waals surface area contributed by atoms with Crippen molar-refractivity contribution < 1.29 is 14.3 Å². The van der Waals surface area contributed by atoms with Crippen molar-refractivity contribution in [3.8, 4) is 0 Å². The lowest BCUT2D eigenvalue weighted by Crippen LogP contribution is -2.43. The fraction of sp³-hybridized carbons (Fsp3) is 0.556. The number of rotatable bonds is 17. The van der Waals surface area contributed by atoms with Gasteiger partial charge in [-0.1, -0.05) is 81.8 Å². The van der Waals surface area contributed by atoms with Crippen LogP contribution >= 0.6 is 11.3 Å². The van der Waals surface area contributed by atoms with Gasteiger partial charge in [-0.3, -0.25) is 9.59 Å². The SMILES string of the molecule is CCCCCCCCCC(=O)N(CCOC)CC(=O)N(Cc1ccccc1)Cc1cccs1. The molecule has 2 amide bonds. The molecule has 1 aromatic heterocycles. The topological polar surface area (TPSA) is 49.9 Å². The van der Waals surface area contributed by atoms with Crippen LogP contribution in [-0.2, 0) is 27.4 Å². The van der Waals surface area contributed by atoms with E-state index in [1.807, 2.05) is 52.7 Å². The standard InChI is InChI=1S/C27H40N2O3S/c1-3-4-5-6-7-8-12-17-26(30)28(18-19-32-2)23-27(31)29(22-25-16-13-20-33-25)21-24-14-10-9-11-15-24/h9-11,13-16,20H,3-8,12,17-19,21-23H2,1-2H3. The molecule has 1 aromatic carbocycles. The Bertz CT molecular complexity index is 780. The molecule has 0 fully saturated rings. The van der Waals surface area contributed by atoms with Crippen molar-refractivity contribution in [2.45, 2.75) is 71.4 Å². The average Bonchev–Trinajstić information content (AvgIpc) is 3.34. The highest BCUT2D eigenvalue weighted by atomic mass is 32.1. The monoisotopic (exact) mass is 472 g/mol. The molecule has 0 saturated heterocycles. The Morgan fingerprint density at radius 1 is 0.848 bits per heavy atom. The Hall–Kier alpha value is -2.18. The summed E-state index contributed by atoms with van der Waals surface area (Å²) in [6, 6.07) is 14.1. The second-order valence-electron chi connectivity index (χ2n) is 8.49. The fourth-order valence-electron chi connectivity index (χ4n) is 3.77. The number of methoxy groups -OCH3 is 1. The van der Waals surface area contributed by atoms with Crippen LogP contribution in [0.25, 0.3) is 0 Å². The molecule has 2 rings (SSSR count). The van der Waals surface area contributed by atoms with Gasteiger partial charge in [-0.15, -0.1) is 11.3 Å². The molecule has 0 spiro atoms. The summed E-state index contributed by atoms with van der Waals surface area (Å²) in [6.45, 7) is 4.26. The van der Waals surface area contributed by atoms with Crippen molar-refractivity contribution in [2.75, 3.05) is 26.8 Å². The second-order valence-corrected chi connectivity index (χ2v) is 9.53. The van der Waals surface area contributed by atoms with Gasteiger partial charge >= 0.3 is 0 Å². The summed E-state index contributed by atoms with van der Waals surface area (Å²) < 4.78 is 5.21. The van der Waals surface area contributed by atoms with E-state index in [0.717, 1.165) is 23.3 Å². The molecule has 33 heavy (non-hydrogen) atoms. The van der Waals surface area contributed by atoms with Crippen molar-refractivity contribution in [2.24, 2.45) is 0 Å². The molecule has 1 heterocycles. The van der Waals surface area contributed by atoms with Crippen molar-refractivity contribution in [1.82, 2.24) is 9.80 Å². The van der Waals surface area contributed by atoms with Crippen LogP contribution in [-0.4, -0.2) is 48.4 Å².